The molecule has 0 saturated carbocycles. The van der Waals surface area contributed by atoms with Crippen LogP contribution in [0.15, 0.2) is 53.3 Å². The number of halogens is 5. The van der Waals surface area contributed by atoms with Gasteiger partial charge < -0.3 is 5.11 Å². The number of hydrogen-bond donors (Lipinski definition) is 2. The van der Waals surface area contributed by atoms with Crippen LogP contribution in [0, 0.1) is 0 Å². The highest BCUT2D eigenvalue weighted by molar-refractivity contribution is 7.89. The number of nitrogens with one attached hydrogen (secondary N) is 1. The molecule has 3 aromatic rings. The van der Waals surface area contributed by atoms with E-state index >= 15 is 0 Å². The largest absolute Gasteiger partial charge is 0.416 e. The Morgan fingerprint density at radius 3 is 2.36 bits per heavy atom. The van der Waals surface area contributed by atoms with E-state index in [9.17, 15) is 36.3 Å². The van der Waals surface area contributed by atoms with Crippen molar-refractivity contribution in [3.8, 4) is 11.4 Å². The third kappa shape index (κ3) is 8.15. The van der Waals surface area contributed by atoms with E-state index in [1.807, 2.05) is 0 Å². The van der Waals surface area contributed by atoms with Crippen LogP contribution in [-0.2, 0) is 27.9 Å². The van der Waals surface area contributed by atoms with Crippen LogP contribution < -0.4 is 10.4 Å². The third-order valence-electron chi connectivity index (χ3n) is 5.83. The number of aromatic nitrogens is 3. The topological polar surface area (TPSA) is 123 Å². The number of carbonyl (C=O) groups is 1. The molecule has 0 aliphatic rings. The van der Waals surface area contributed by atoms with Gasteiger partial charge in [0.25, 0.3) is 0 Å². The molecule has 1 unspecified atom stereocenters. The number of nitrogens with zero attached hydrogens (tertiary/aromatic N) is 3. The fourth-order valence-corrected chi connectivity index (χ4v) is 4.81. The molecule has 9 nitrogen and oxygen atoms in total. The standard InChI is InChI=1S/C24H25Cl2F3N4O5S/c1-2-39(37,38)30-12-16(19-5-3-4-6-20(19)26)11-18(34)13-33-23(36)32(14-21(35)24(27,28)29)22(31-33)15-7-9-17(25)10-8-15/h3-10,16,21,30,35H,2,11-14H2,1H3/t16?,21-/m0/s1. The molecular weight excluding hydrogens is 584 g/mol. The van der Waals surface area contributed by atoms with Gasteiger partial charge in [0.1, 0.15) is 6.54 Å². The highest BCUT2D eigenvalue weighted by Crippen LogP contribution is 2.28. The van der Waals surface area contributed by atoms with E-state index in [1.165, 1.54) is 31.2 Å². The second-order valence-electron chi connectivity index (χ2n) is 8.65. The number of carbonyl (C=O) groups excluding carboxylic acids is 1. The number of alkyl halides is 3. The van der Waals surface area contributed by atoms with Crippen molar-refractivity contribution >= 4 is 39.0 Å². The van der Waals surface area contributed by atoms with Gasteiger partial charge in [0, 0.05) is 34.5 Å². The monoisotopic (exact) mass is 608 g/mol. The predicted molar refractivity (Wildman–Crippen MR) is 140 cm³/mol. The van der Waals surface area contributed by atoms with Crippen LogP contribution in [-0.4, -0.2) is 58.2 Å². The summed E-state index contributed by atoms with van der Waals surface area (Å²) >= 11 is 12.2. The minimum Gasteiger partial charge on any atom is -0.382 e. The number of sulfonamides is 1. The molecule has 1 aromatic heterocycles. The van der Waals surface area contributed by atoms with Gasteiger partial charge in [0.05, 0.1) is 12.3 Å². The molecule has 0 aliphatic carbocycles. The molecule has 0 fully saturated rings. The van der Waals surface area contributed by atoms with Crippen LogP contribution in [0.4, 0.5) is 13.2 Å². The molecule has 2 N–H and O–H groups in total. The van der Waals surface area contributed by atoms with Crippen LogP contribution >= 0.6 is 23.2 Å². The van der Waals surface area contributed by atoms with Crippen LogP contribution in [0.1, 0.15) is 24.8 Å². The van der Waals surface area contributed by atoms with E-state index < -0.39 is 52.8 Å². The van der Waals surface area contributed by atoms with Crippen molar-refractivity contribution in [2.24, 2.45) is 0 Å². The molecule has 0 bridgehead atoms. The van der Waals surface area contributed by atoms with Gasteiger partial charge in [-0.15, -0.1) is 5.10 Å². The number of ketones is 1. The molecule has 0 amide bonds. The zero-order chi connectivity index (χ0) is 29.0. The fourth-order valence-electron chi connectivity index (χ4n) is 3.73. The van der Waals surface area contributed by atoms with Crippen molar-refractivity contribution in [2.75, 3.05) is 12.3 Å². The molecule has 1 heterocycles. The minimum absolute atomic E-state index is 0.150. The SMILES string of the molecule is CCS(=O)(=O)NCC(CC(=O)Cn1nc(-c2ccc(Cl)cc2)n(C[C@H](O)C(F)(F)F)c1=O)c1ccccc1Cl. The molecule has 0 spiro atoms. The van der Waals surface area contributed by atoms with Crippen LogP contribution in [0.5, 0.6) is 0 Å². The van der Waals surface area contributed by atoms with Gasteiger partial charge in [0.15, 0.2) is 17.7 Å². The van der Waals surface area contributed by atoms with Crippen LogP contribution in [0.3, 0.4) is 0 Å². The molecule has 39 heavy (non-hydrogen) atoms. The average Bonchev–Trinajstić information content (AvgIpc) is 3.16. The molecule has 2 aromatic carbocycles. The Bertz CT molecular complexity index is 1470. The number of rotatable bonds is 12. The lowest BCUT2D eigenvalue weighted by Gasteiger charge is -2.18. The van der Waals surface area contributed by atoms with Gasteiger partial charge >= 0.3 is 11.9 Å². The number of Topliss-reactive ketones (excluding diaryl/α,β-unsaturated/α-hetero) is 1. The Kier molecular flexibility index (Phi) is 9.99. The second kappa shape index (κ2) is 12.6. The maximum Gasteiger partial charge on any atom is 0.416 e. The van der Waals surface area contributed by atoms with Gasteiger partial charge in [-0.2, -0.15) is 13.2 Å². The lowest BCUT2D eigenvalue weighted by Crippen LogP contribution is -2.37. The summed E-state index contributed by atoms with van der Waals surface area (Å²) in [4.78, 5) is 26.1. The van der Waals surface area contributed by atoms with Crippen molar-refractivity contribution in [1.29, 1.82) is 0 Å². The van der Waals surface area contributed by atoms with E-state index in [0.29, 0.717) is 24.9 Å². The normalized spacial score (nSPS) is 13.8. The summed E-state index contributed by atoms with van der Waals surface area (Å²) in [6.45, 7) is -0.455. The molecule has 212 valence electrons. The zero-order valence-electron chi connectivity index (χ0n) is 20.5. The van der Waals surface area contributed by atoms with Gasteiger partial charge in [-0.3, -0.25) is 9.36 Å². The molecule has 0 aliphatic heterocycles. The molecule has 0 radical (unpaired) electrons. The van der Waals surface area contributed by atoms with Crippen LogP contribution in [0.2, 0.25) is 10.0 Å². The number of benzene rings is 2. The summed E-state index contributed by atoms with van der Waals surface area (Å²) in [7, 11) is -3.60. The minimum atomic E-state index is -5.00. The van der Waals surface area contributed by atoms with E-state index in [1.54, 1.807) is 24.3 Å². The van der Waals surface area contributed by atoms with Gasteiger partial charge in [-0.1, -0.05) is 41.4 Å². The average molecular weight is 609 g/mol. The van der Waals surface area contributed by atoms with Gasteiger partial charge in [0.2, 0.25) is 10.0 Å². The summed E-state index contributed by atoms with van der Waals surface area (Å²) in [5, 5.41) is 14.3. The van der Waals surface area contributed by atoms with E-state index in [4.69, 9.17) is 23.2 Å². The quantitative estimate of drug-likeness (QED) is 0.324. The van der Waals surface area contributed by atoms with Crippen molar-refractivity contribution in [3.05, 3.63) is 74.6 Å². The Balaban J connectivity index is 1.92. The summed E-state index contributed by atoms with van der Waals surface area (Å²) in [5.74, 6) is -1.64. The first-order valence-corrected chi connectivity index (χ1v) is 14.0. The first-order chi connectivity index (χ1) is 18.2. The Hall–Kier alpha value is -2.71. The highest BCUT2D eigenvalue weighted by atomic mass is 35.5. The lowest BCUT2D eigenvalue weighted by atomic mass is 9.94. The molecular formula is C24H25Cl2F3N4O5S. The Morgan fingerprint density at radius 2 is 1.77 bits per heavy atom. The maximum absolute atomic E-state index is 13.1. The van der Waals surface area contributed by atoms with E-state index in [2.05, 4.69) is 9.82 Å². The third-order valence-corrected chi connectivity index (χ3v) is 7.80. The fraction of sp³-hybridized carbons (Fsp3) is 0.375. The van der Waals surface area contributed by atoms with Crippen molar-refractivity contribution in [2.45, 2.75) is 44.6 Å². The van der Waals surface area contributed by atoms with Gasteiger partial charge in [-0.25, -0.2) is 22.6 Å². The van der Waals surface area contributed by atoms with Crippen molar-refractivity contribution < 1.29 is 31.5 Å². The highest BCUT2D eigenvalue weighted by Gasteiger charge is 2.39. The number of hydrogen-bond acceptors (Lipinski definition) is 6. The smallest absolute Gasteiger partial charge is 0.382 e. The van der Waals surface area contributed by atoms with Crippen LogP contribution in [0.25, 0.3) is 11.4 Å². The summed E-state index contributed by atoms with van der Waals surface area (Å²) in [6, 6.07) is 12.3. The Morgan fingerprint density at radius 1 is 1.13 bits per heavy atom. The molecule has 2 atom stereocenters. The molecule has 15 heteroatoms. The second-order valence-corrected chi connectivity index (χ2v) is 11.6. The summed E-state index contributed by atoms with van der Waals surface area (Å²) < 4.78 is 67.0. The van der Waals surface area contributed by atoms with Crippen molar-refractivity contribution in [3.63, 3.8) is 0 Å². The Labute approximate surface area is 232 Å². The number of aliphatic hydroxyl groups excluding tert-OH is 1. The number of aliphatic hydroxyl groups is 1. The maximum atomic E-state index is 13.1. The summed E-state index contributed by atoms with van der Waals surface area (Å²) in [6.07, 6.45) is -8.11. The van der Waals surface area contributed by atoms with E-state index in [0.717, 1.165) is 0 Å². The van der Waals surface area contributed by atoms with Gasteiger partial charge in [-0.05, 0) is 42.8 Å². The van der Waals surface area contributed by atoms with Crippen molar-refractivity contribution in [1.82, 2.24) is 19.1 Å². The zero-order valence-corrected chi connectivity index (χ0v) is 22.9. The first-order valence-electron chi connectivity index (χ1n) is 11.6. The molecule has 0 saturated heterocycles. The summed E-state index contributed by atoms with van der Waals surface area (Å²) in [5.41, 5.74) is -0.308. The van der Waals surface area contributed by atoms with E-state index in [-0.39, 0.29) is 30.1 Å². The lowest BCUT2D eigenvalue weighted by molar-refractivity contribution is -0.207. The molecule has 3 rings (SSSR count). The first kappa shape index (κ1) is 30.8. The predicted octanol–water partition coefficient (Wildman–Crippen LogP) is 3.62.